The van der Waals surface area contributed by atoms with Gasteiger partial charge in [-0.1, -0.05) is 32.0 Å². The average Bonchev–Trinajstić information content (AvgIpc) is 3.00. The second kappa shape index (κ2) is 4.28. The lowest BCUT2D eigenvalue weighted by atomic mass is 9.89. The lowest BCUT2D eigenvalue weighted by Crippen LogP contribution is -2.07. The maximum atomic E-state index is 10.9. The van der Waals surface area contributed by atoms with E-state index >= 15 is 0 Å². The quantitative estimate of drug-likeness (QED) is 0.841. The molecule has 16 heavy (non-hydrogen) atoms. The zero-order chi connectivity index (χ0) is 11.7. The number of carboxylic acids is 1. The van der Waals surface area contributed by atoms with Gasteiger partial charge in [-0.05, 0) is 41.4 Å². The highest BCUT2D eigenvalue weighted by atomic mass is 16.4. The Hall–Kier alpha value is -1.31. The van der Waals surface area contributed by atoms with Crippen molar-refractivity contribution in [1.82, 2.24) is 0 Å². The van der Waals surface area contributed by atoms with E-state index in [4.69, 9.17) is 5.11 Å². The number of hydrogen-bond acceptors (Lipinski definition) is 1. The molecule has 1 aliphatic rings. The van der Waals surface area contributed by atoms with Gasteiger partial charge in [-0.25, -0.2) is 0 Å². The summed E-state index contributed by atoms with van der Waals surface area (Å²) in [5, 5.41) is 9.00. The molecule has 1 aromatic carbocycles. The van der Waals surface area contributed by atoms with Crippen molar-refractivity contribution in [3.8, 4) is 0 Å². The van der Waals surface area contributed by atoms with Crippen LogP contribution in [0.2, 0.25) is 0 Å². The molecule has 1 saturated carbocycles. The molecule has 2 rings (SSSR count). The van der Waals surface area contributed by atoms with E-state index in [1.807, 2.05) is 0 Å². The van der Waals surface area contributed by atoms with Crippen molar-refractivity contribution in [3.63, 3.8) is 0 Å². The third-order valence-corrected chi connectivity index (χ3v) is 3.22. The number of benzene rings is 1. The Balaban J connectivity index is 2.43. The van der Waals surface area contributed by atoms with Crippen LogP contribution in [0.25, 0.3) is 0 Å². The van der Waals surface area contributed by atoms with E-state index in [1.54, 1.807) is 0 Å². The maximum absolute atomic E-state index is 10.9. The fraction of sp³-hybridized carbons (Fsp3) is 0.500. The van der Waals surface area contributed by atoms with E-state index in [9.17, 15) is 4.79 Å². The van der Waals surface area contributed by atoms with Gasteiger partial charge in [0.2, 0.25) is 0 Å². The summed E-state index contributed by atoms with van der Waals surface area (Å²) < 4.78 is 0. The number of hydrogen-bond donors (Lipinski definition) is 1. The molecular formula is C14H18O2. The second-order valence-corrected chi connectivity index (χ2v) is 4.91. The molecule has 1 aromatic rings. The largest absolute Gasteiger partial charge is 0.481 e. The summed E-state index contributed by atoms with van der Waals surface area (Å²) in [6, 6.07) is 6.23. The molecule has 0 saturated heterocycles. The van der Waals surface area contributed by atoms with Crippen LogP contribution >= 0.6 is 0 Å². The molecule has 1 aliphatic carbocycles. The molecular weight excluding hydrogens is 200 g/mol. The van der Waals surface area contributed by atoms with E-state index in [2.05, 4.69) is 32.0 Å². The molecule has 0 aliphatic heterocycles. The van der Waals surface area contributed by atoms with Crippen molar-refractivity contribution in [3.05, 3.63) is 34.9 Å². The van der Waals surface area contributed by atoms with Crippen molar-refractivity contribution in [2.45, 2.75) is 44.9 Å². The summed E-state index contributed by atoms with van der Waals surface area (Å²) in [5.74, 6) is 0.288. The van der Waals surface area contributed by atoms with Crippen LogP contribution in [0.5, 0.6) is 0 Å². The van der Waals surface area contributed by atoms with Crippen LogP contribution in [0.15, 0.2) is 18.2 Å². The third kappa shape index (κ3) is 2.26. The molecule has 2 nitrogen and oxygen atoms in total. The Morgan fingerprint density at radius 3 is 2.62 bits per heavy atom. The summed E-state index contributed by atoms with van der Waals surface area (Å²) in [5.41, 5.74) is 3.54. The van der Waals surface area contributed by atoms with E-state index in [-0.39, 0.29) is 6.42 Å². The summed E-state index contributed by atoms with van der Waals surface area (Å²) in [7, 11) is 0. The van der Waals surface area contributed by atoms with Gasteiger partial charge in [0.05, 0.1) is 6.42 Å². The van der Waals surface area contributed by atoms with Crippen molar-refractivity contribution in [2.24, 2.45) is 0 Å². The molecule has 0 unspecified atom stereocenters. The predicted molar refractivity (Wildman–Crippen MR) is 63.8 cm³/mol. The van der Waals surface area contributed by atoms with Crippen LogP contribution in [0.1, 0.15) is 55.2 Å². The molecule has 2 heteroatoms. The van der Waals surface area contributed by atoms with Crippen LogP contribution in [0.3, 0.4) is 0 Å². The number of carboxylic acid groups (broad SMARTS) is 1. The van der Waals surface area contributed by atoms with Gasteiger partial charge >= 0.3 is 5.97 Å². The zero-order valence-electron chi connectivity index (χ0n) is 9.86. The van der Waals surface area contributed by atoms with Gasteiger partial charge in [0.15, 0.2) is 0 Å². The first-order chi connectivity index (χ1) is 7.59. The number of aliphatic carboxylic acids is 1. The van der Waals surface area contributed by atoms with Gasteiger partial charge in [-0.15, -0.1) is 0 Å². The van der Waals surface area contributed by atoms with Gasteiger partial charge < -0.3 is 5.11 Å². The van der Waals surface area contributed by atoms with Gasteiger partial charge in [0.1, 0.15) is 0 Å². The van der Waals surface area contributed by atoms with Crippen molar-refractivity contribution in [1.29, 1.82) is 0 Å². The highest BCUT2D eigenvalue weighted by molar-refractivity contribution is 5.72. The van der Waals surface area contributed by atoms with E-state index in [0.717, 1.165) is 5.56 Å². The minimum atomic E-state index is -0.727. The Morgan fingerprint density at radius 2 is 2.12 bits per heavy atom. The topological polar surface area (TPSA) is 37.3 Å². The van der Waals surface area contributed by atoms with Crippen LogP contribution in [0, 0.1) is 0 Å². The number of carbonyl (C=O) groups is 1. The predicted octanol–water partition coefficient (Wildman–Crippen LogP) is 3.31. The van der Waals surface area contributed by atoms with Crippen LogP contribution < -0.4 is 0 Å². The van der Waals surface area contributed by atoms with Gasteiger partial charge in [0.25, 0.3) is 0 Å². The van der Waals surface area contributed by atoms with Gasteiger partial charge in [-0.2, -0.15) is 0 Å². The van der Waals surface area contributed by atoms with E-state index in [1.165, 1.54) is 24.0 Å². The van der Waals surface area contributed by atoms with E-state index < -0.39 is 5.97 Å². The minimum absolute atomic E-state index is 0.167. The van der Waals surface area contributed by atoms with Crippen LogP contribution in [0.4, 0.5) is 0 Å². The Kier molecular flexibility index (Phi) is 2.99. The summed E-state index contributed by atoms with van der Waals surface area (Å²) in [6.45, 7) is 4.24. The maximum Gasteiger partial charge on any atom is 0.307 e. The lowest BCUT2D eigenvalue weighted by molar-refractivity contribution is -0.136. The minimum Gasteiger partial charge on any atom is -0.481 e. The summed E-state index contributed by atoms with van der Waals surface area (Å²) in [4.78, 5) is 10.9. The standard InChI is InChI=1S/C14H18O2/c1-9(2)11-4-3-5-12(10-6-7-10)13(11)8-14(15)16/h3-5,9-10H,6-8H2,1-2H3,(H,15,16). The Morgan fingerprint density at radius 1 is 1.44 bits per heavy atom. The molecule has 0 radical (unpaired) electrons. The lowest BCUT2D eigenvalue weighted by Gasteiger charge is -2.15. The molecule has 1 N–H and O–H groups in total. The molecule has 86 valence electrons. The fourth-order valence-electron chi connectivity index (χ4n) is 2.30. The smallest absolute Gasteiger partial charge is 0.307 e. The number of rotatable bonds is 4. The van der Waals surface area contributed by atoms with Crippen molar-refractivity contribution >= 4 is 5.97 Å². The van der Waals surface area contributed by atoms with Crippen molar-refractivity contribution in [2.75, 3.05) is 0 Å². The fourth-order valence-corrected chi connectivity index (χ4v) is 2.30. The SMILES string of the molecule is CC(C)c1cccc(C2CC2)c1CC(=O)O. The Bertz CT molecular complexity index is 383. The normalized spacial score (nSPS) is 15.4. The first-order valence-electron chi connectivity index (χ1n) is 5.93. The van der Waals surface area contributed by atoms with Crippen LogP contribution in [-0.4, -0.2) is 11.1 Å². The Labute approximate surface area is 96.3 Å². The van der Waals surface area contributed by atoms with E-state index in [0.29, 0.717) is 11.8 Å². The van der Waals surface area contributed by atoms with Gasteiger partial charge in [-0.3, -0.25) is 4.79 Å². The first kappa shape index (κ1) is 11.2. The highest BCUT2D eigenvalue weighted by Crippen LogP contribution is 2.43. The van der Waals surface area contributed by atoms with Crippen LogP contribution in [-0.2, 0) is 11.2 Å². The molecule has 0 atom stereocenters. The highest BCUT2D eigenvalue weighted by Gasteiger charge is 2.27. The average molecular weight is 218 g/mol. The summed E-state index contributed by atoms with van der Waals surface area (Å²) in [6.07, 6.45) is 2.60. The monoisotopic (exact) mass is 218 g/mol. The third-order valence-electron chi connectivity index (χ3n) is 3.22. The first-order valence-corrected chi connectivity index (χ1v) is 5.93. The summed E-state index contributed by atoms with van der Waals surface area (Å²) >= 11 is 0. The second-order valence-electron chi connectivity index (χ2n) is 4.91. The van der Waals surface area contributed by atoms with Crippen molar-refractivity contribution < 1.29 is 9.90 Å². The molecule has 0 spiro atoms. The molecule has 0 amide bonds. The molecule has 0 heterocycles. The molecule has 1 fully saturated rings. The zero-order valence-corrected chi connectivity index (χ0v) is 9.86. The molecule has 0 bridgehead atoms. The molecule has 0 aromatic heterocycles. The van der Waals surface area contributed by atoms with Gasteiger partial charge in [0, 0.05) is 0 Å².